The van der Waals surface area contributed by atoms with Crippen molar-refractivity contribution >= 4 is 17.8 Å². The molecule has 8 heteroatoms. The van der Waals surface area contributed by atoms with E-state index in [2.05, 4.69) is 10.6 Å². The normalized spacial score (nSPS) is 18.8. The highest BCUT2D eigenvalue weighted by molar-refractivity contribution is 6.05. The topological polar surface area (TPSA) is 112 Å². The van der Waals surface area contributed by atoms with Crippen LogP contribution in [0.5, 0.6) is 0 Å². The Balaban J connectivity index is 1.89. The highest BCUT2D eigenvalue weighted by Crippen LogP contribution is 2.14. The second kappa shape index (κ2) is 7.96. The van der Waals surface area contributed by atoms with Gasteiger partial charge >= 0.3 is 6.03 Å². The summed E-state index contributed by atoms with van der Waals surface area (Å²) in [5.41, 5.74) is 0. The minimum Gasteiger partial charge on any atom is -0.467 e. The summed E-state index contributed by atoms with van der Waals surface area (Å²) >= 11 is 0. The monoisotopic (exact) mass is 337 g/mol. The molecule has 0 spiro atoms. The van der Waals surface area contributed by atoms with Crippen LogP contribution < -0.4 is 10.6 Å². The zero-order chi connectivity index (χ0) is 17.7. The molecular weight excluding hydrogens is 314 g/mol. The van der Waals surface area contributed by atoms with Crippen molar-refractivity contribution in [3.63, 3.8) is 0 Å². The van der Waals surface area contributed by atoms with Gasteiger partial charge in [-0.25, -0.2) is 4.79 Å². The highest BCUT2D eigenvalue weighted by Gasteiger charge is 2.39. The summed E-state index contributed by atoms with van der Waals surface area (Å²) in [7, 11) is 0. The van der Waals surface area contributed by atoms with Gasteiger partial charge in [-0.15, -0.1) is 0 Å². The van der Waals surface area contributed by atoms with E-state index < -0.39 is 18.0 Å². The number of carbonyl (C=O) groups excluding carboxylic acids is 3. The third-order valence-electron chi connectivity index (χ3n) is 3.73. The maximum atomic E-state index is 12.3. The molecule has 1 fully saturated rings. The van der Waals surface area contributed by atoms with Gasteiger partial charge in [0.05, 0.1) is 31.9 Å². The molecule has 4 amide bonds. The van der Waals surface area contributed by atoms with Crippen LogP contribution in [0.3, 0.4) is 0 Å². The van der Waals surface area contributed by atoms with Crippen LogP contribution in [-0.2, 0) is 16.1 Å². The standard InChI is InChI=1S/C16H23N3O5/c1-10(2)6-11(9-20)17-14(21)7-13-15(22)19(16(23)18-13)8-12-4-3-5-24-12/h3-5,10-11,13,20H,6-9H2,1-2H3,(H,17,21)(H,18,23)/t11-,13-/m0/s1. The molecule has 1 aromatic rings. The maximum Gasteiger partial charge on any atom is 0.325 e. The third-order valence-corrected chi connectivity index (χ3v) is 3.73. The van der Waals surface area contributed by atoms with Crippen LogP contribution in [0, 0.1) is 5.92 Å². The van der Waals surface area contributed by atoms with Crippen molar-refractivity contribution in [3.05, 3.63) is 24.2 Å². The van der Waals surface area contributed by atoms with Crippen molar-refractivity contribution < 1.29 is 23.9 Å². The Hall–Kier alpha value is -2.35. The molecule has 2 heterocycles. The lowest BCUT2D eigenvalue weighted by Crippen LogP contribution is -2.42. The van der Waals surface area contributed by atoms with Gasteiger partial charge in [-0.05, 0) is 24.5 Å². The summed E-state index contributed by atoms with van der Waals surface area (Å²) in [5, 5.41) is 14.5. The molecule has 8 nitrogen and oxygen atoms in total. The van der Waals surface area contributed by atoms with Crippen LogP contribution >= 0.6 is 0 Å². The summed E-state index contributed by atoms with van der Waals surface area (Å²) in [6.07, 6.45) is 1.94. The van der Waals surface area contributed by atoms with E-state index in [1.165, 1.54) is 6.26 Å². The van der Waals surface area contributed by atoms with Crippen molar-refractivity contribution in [2.75, 3.05) is 6.61 Å². The van der Waals surface area contributed by atoms with E-state index >= 15 is 0 Å². The van der Waals surface area contributed by atoms with Gasteiger partial charge in [-0.1, -0.05) is 13.8 Å². The zero-order valence-corrected chi connectivity index (χ0v) is 13.8. The van der Waals surface area contributed by atoms with Gasteiger partial charge in [0, 0.05) is 0 Å². The smallest absolute Gasteiger partial charge is 0.325 e. The lowest BCUT2D eigenvalue weighted by Gasteiger charge is -2.19. The van der Waals surface area contributed by atoms with Gasteiger partial charge in [-0.3, -0.25) is 14.5 Å². The van der Waals surface area contributed by atoms with Gasteiger partial charge in [0.15, 0.2) is 0 Å². The molecule has 1 aromatic heterocycles. The van der Waals surface area contributed by atoms with E-state index in [1.807, 2.05) is 13.8 Å². The van der Waals surface area contributed by atoms with Gasteiger partial charge < -0.3 is 20.2 Å². The van der Waals surface area contributed by atoms with Crippen LogP contribution in [0.4, 0.5) is 4.79 Å². The molecule has 3 N–H and O–H groups in total. The van der Waals surface area contributed by atoms with Gasteiger partial charge in [-0.2, -0.15) is 0 Å². The van der Waals surface area contributed by atoms with E-state index in [4.69, 9.17) is 4.42 Å². The lowest BCUT2D eigenvalue weighted by atomic mass is 10.0. The largest absolute Gasteiger partial charge is 0.467 e. The van der Waals surface area contributed by atoms with Gasteiger partial charge in [0.25, 0.3) is 5.91 Å². The fraction of sp³-hybridized carbons (Fsp3) is 0.562. The first kappa shape index (κ1) is 18.0. The molecule has 0 saturated carbocycles. The molecule has 1 saturated heterocycles. The number of nitrogens with zero attached hydrogens (tertiary/aromatic N) is 1. The molecular formula is C16H23N3O5. The second-order valence-electron chi connectivity index (χ2n) is 6.29. The van der Waals surface area contributed by atoms with E-state index in [9.17, 15) is 19.5 Å². The maximum absolute atomic E-state index is 12.3. The number of aliphatic hydroxyl groups is 1. The molecule has 0 bridgehead atoms. The van der Waals surface area contributed by atoms with Crippen molar-refractivity contribution in [2.24, 2.45) is 5.92 Å². The zero-order valence-electron chi connectivity index (χ0n) is 13.8. The summed E-state index contributed by atoms with van der Waals surface area (Å²) in [4.78, 5) is 37.3. The van der Waals surface area contributed by atoms with Gasteiger partial charge in [0.1, 0.15) is 11.8 Å². The molecule has 0 unspecified atom stereocenters. The molecule has 1 aliphatic rings. The number of aliphatic hydroxyl groups excluding tert-OH is 1. The Morgan fingerprint density at radius 1 is 1.46 bits per heavy atom. The number of rotatable bonds is 8. The number of carbonyl (C=O) groups is 3. The third kappa shape index (κ3) is 4.58. The number of hydrogen-bond donors (Lipinski definition) is 3. The second-order valence-corrected chi connectivity index (χ2v) is 6.29. The predicted octanol–water partition coefficient (Wildman–Crippen LogP) is 0.613. The number of urea groups is 1. The SMILES string of the molecule is CC(C)C[C@@H](CO)NC(=O)C[C@@H]1NC(=O)N(Cc2ccco2)C1=O. The van der Waals surface area contributed by atoms with E-state index in [0.29, 0.717) is 18.1 Å². The predicted molar refractivity (Wildman–Crippen MR) is 84.7 cm³/mol. The minimum atomic E-state index is -0.897. The first-order valence-electron chi connectivity index (χ1n) is 7.95. The van der Waals surface area contributed by atoms with Crippen LogP contribution in [0.2, 0.25) is 0 Å². The van der Waals surface area contributed by atoms with E-state index in [1.54, 1.807) is 12.1 Å². The molecule has 1 aliphatic heterocycles. The summed E-state index contributed by atoms with van der Waals surface area (Å²) in [6, 6.07) is 1.53. The Labute approximate surface area is 140 Å². The Morgan fingerprint density at radius 2 is 2.21 bits per heavy atom. The molecule has 24 heavy (non-hydrogen) atoms. The lowest BCUT2D eigenvalue weighted by molar-refractivity contribution is -0.131. The summed E-state index contributed by atoms with van der Waals surface area (Å²) in [5.74, 6) is -0.0379. The first-order valence-corrected chi connectivity index (χ1v) is 7.95. The number of hydrogen-bond acceptors (Lipinski definition) is 5. The molecule has 0 aliphatic carbocycles. The van der Waals surface area contributed by atoms with Crippen molar-refractivity contribution in [2.45, 2.75) is 45.3 Å². The number of imide groups is 1. The molecule has 0 aromatic carbocycles. The van der Waals surface area contributed by atoms with E-state index in [-0.39, 0.29) is 31.5 Å². The number of amides is 4. The number of furan rings is 1. The quantitative estimate of drug-likeness (QED) is 0.602. The minimum absolute atomic E-state index is 0.0302. The molecule has 2 atom stereocenters. The van der Waals surface area contributed by atoms with Crippen molar-refractivity contribution in [3.8, 4) is 0 Å². The summed E-state index contributed by atoms with van der Waals surface area (Å²) < 4.78 is 5.13. The molecule has 0 radical (unpaired) electrons. The highest BCUT2D eigenvalue weighted by atomic mass is 16.3. The van der Waals surface area contributed by atoms with Crippen molar-refractivity contribution in [1.29, 1.82) is 0 Å². The van der Waals surface area contributed by atoms with Crippen LogP contribution in [0.1, 0.15) is 32.4 Å². The molecule has 2 rings (SSSR count). The fourth-order valence-electron chi connectivity index (χ4n) is 2.64. The van der Waals surface area contributed by atoms with Crippen LogP contribution in [0.15, 0.2) is 22.8 Å². The average molecular weight is 337 g/mol. The van der Waals surface area contributed by atoms with Gasteiger partial charge in [0.2, 0.25) is 5.91 Å². The van der Waals surface area contributed by atoms with Crippen molar-refractivity contribution in [1.82, 2.24) is 15.5 Å². The molecule has 132 valence electrons. The fourth-order valence-corrected chi connectivity index (χ4v) is 2.64. The number of nitrogens with one attached hydrogen (secondary N) is 2. The van der Waals surface area contributed by atoms with Crippen LogP contribution in [-0.4, -0.2) is 46.5 Å². The first-order chi connectivity index (χ1) is 11.4. The Morgan fingerprint density at radius 3 is 2.79 bits per heavy atom. The Bertz CT molecular complexity index is 585. The Kier molecular flexibility index (Phi) is 5.97. The van der Waals surface area contributed by atoms with Crippen LogP contribution in [0.25, 0.3) is 0 Å². The average Bonchev–Trinajstić information content (AvgIpc) is 3.10. The van der Waals surface area contributed by atoms with E-state index in [0.717, 1.165) is 4.90 Å². The summed E-state index contributed by atoms with van der Waals surface area (Å²) in [6.45, 7) is 3.84.